The highest BCUT2D eigenvalue weighted by Crippen LogP contribution is 2.26. The summed E-state index contributed by atoms with van der Waals surface area (Å²) in [5.41, 5.74) is 2.26. The first-order valence-electron chi connectivity index (χ1n) is 7.43. The minimum atomic E-state index is 0.202. The van der Waals surface area contributed by atoms with Gasteiger partial charge in [-0.15, -0.1) is 0 Å². The lowest BCUT2D eigenvalue weighted by Gasteiger charge is -2.22. The van der Waals surface area contributed by atoms with E-state index in [2.05, 4.69) is 46.7 Å². The first-order valence-corrected chi connectivity index (χ1v) is 7.43. The maximum Gasteiger partial charge on any atom is 0.0708 e. The number of rotatable bonds is 5. The monoisotopic (exact) mass is 295 g/mol. The Kier molecular flexibility index (Phi) is 4.34. The van der Waals surface area contributed by atoms with Gasteiger partial charge in [0.15, 0.2) is 0 Å². The van der Waals surface area contributed by atoms with Crippen LogP contribution in [0.2, 0.25) is 0 Å². The lowest BCUT2D eigenvalue weighted by Crippen LogP contribution is -2.30. The summed E-state index contributed by atoms with van der Waals surface area (Å²) in [6.45, 7) is 0.775. The van der Waals surface area contributed by atoms with Crippen LogP contribution >= 0.6 is 0 Å². The van der Waals surface area contributed by atoms with E-state index in [4.69, 9.17) is 4.84 Å². The highest BCUT2D eigenvalue weighted by molar-refractivity contribution is 6.05. The average Bonchev–Trinajstić information content (AvgIpc) is 2.58. The van der Waals surface area contributed by atoms with E-state index < -0.39 is 0 Å². The molecule has 1 atom stereocenters. The summed E-state index contributed by atoms with van der Waals surface area (Å²) in [4.78, 5) is 9.80. The molecule has 0 spiro atoms. The van der Waals surface area contributed by atoms with Gasteiger partial charge in [0.05, 0.1) is 12.6 Å². The third-order valence-corrected chi connectivity index (χ3v) is 4.12. The number of pyridine rings is 1. The molecule has 4 heteroatoms. The smallest absolute Gasteiger partial charge is 0.0708 e. The SMILES string of the molecule is CNC(CN(C)OC)c1ccc2ncc3ccccc3c2c1. The zero-order chi connectivity index (χ0) is 15.5. The molecule has 0 radical (unpaired) electrons. The number of hydroxylamine groups is 2. The Morgan fingerprint density at radius 3 is 2.77 bits per heavy atom. The van der Waals surface area contributed by atoms with E-state index in [1.807, 2.05) is 31.4 Å². The maximum atomic E-state index is 5.24. The zero-order valence-corrected chi connectivity index (χ0v) is 13.2. The standard InChI is InChI=1S/C18H21N3O/c1-19-18(12-21(2)22-3)13-8-9-17-16(10-13)15-7-5-4-6-14(15)11-20-17/h4-11,18-19H,12H2,1-3H3. The van der Waals surface area contributed by atoms with Crippen LogP contribution < -0.4 is 5.32 Å². The molecule has 4 nitrogen and oxygen atoms in total. The lowest BCUT2D eigenvalue weighted by atomic mass is 10.0. The van der Waals surface area contributed by atoms with Crippen molar-refractivity contribution in [3.8, 4) is 0 Å². The van der Waals surface area contributed by atoms with Gasteiger partial charge in [0, 0.05) is 36.6 Å². The maximum absolute atomic E-state index is 5.24. The number of likely N-dealkylation sites (N-methyl/N-ethyl adjacent to an activating group) is 2. The molecule has 1 unspecified atom stereocenters. The Balaban J connectivity index is 2.09. The van der Waals surface area contributed by atoms with Crippen LogP contribution in [0.5, 0.6) is 0 Å². The highest BCUT2D eigenvalue weighted by atomic mass is 16.7. The Labute approximate surface area is 130 Å². The van der Waals surface area contributed by atoms with Gasteiger partial charge in [0.25, 0.3) is 0 Å². The highest BCUT2D eigenvalue weighted by Gasteiger charge is 2.13. The number of fused-ring (bicyclic) bond motifs is 3. The number of nitrogens with one attached hydrogen (secondary N) is 1. The Hall–Kier alpha value is -2.01. The van der Waals surface area contributed by atoms with Gasteiger partial charge in [-0.3, -0.25) is 4.98 Å². The Morgan fingerprint density at radius 1 is 1.18 bits per heavy atom. The fraction of sp³-hybridized carbons (Fsp3) is 0.278. The molecule has 1 heterocycles. The fourth-order valence-corrected chi connectivity index (χ4v) is 2.79. The normalized spacial score (nSPS) is 13.1. The minimum absolute atomic E-state index is 0.202. The van der Waals surface area contributed by atoms with Crippen LogP contribution in [-0.4, -0.2) is 37.8 Å². The molecule has 0 aliphatic rings. The second kappa shape index (κ2) is 6.40. The van der Waals surface area contributed by atoms with Crippen molar-refractivity contribution < 1.29 is 4.84 Å². The van der Waals surface area contributed by atoms with E-state index >= 15 is 0 Å². The average molecular weight is 295 g/mol. The van der Waals surface area contributed by atoms with Crippen LogP contribution in [0.4, 0.5) is 0 Å². The van der Waals surface area contributed by atoms with E-state index in [9.17, 15) is 0 Å². The van der Waals surface area contributed by atoms with Crippen LogP contribution in [0, 0.1) is 0 Å². The van der Waals surface area contributed by atoms with Crippen molar-refractivity contribution in [2.45, 2.75) is 6.04 Å². The summed E-state index contributed by atoms with van der Waals surface area (Å²) < 4.78 is 0. The summed E-state index contributed by atoms with van der Waals surface area (Å²) in [7, 11) is 5.59. The molecular formula is C18H21N3O. The molecule has 22 heavy (non-hydrogen) atoms. The molecule has 0 amide bonds. The summed E-state index contributed by atoms with van der Waals surface area (Å²) in [6, 6.07) is 15.0. The van der Waals surface area contributed by atoms with Crippen molar-refractivity contribution in [3.05, 3.63) is 54.2 Å². The Bertz CT molecular complexity index is 787. The third kappa shape index (κ3) is 2.81. The molecule has 0 aliphatic heterocycles. The first-order chi connectivity index (χ1) is 10.7. The molecule has 0 bridgehead atoms. The Morgan fingerprint density at radius 2 is 2.00 bits per heavy atom. The zero-order valence-electron chi connectivity index (χ0n) is 13.2. The van der Waals surface area contributed by atoms with Gasteiger partial charge in [-0.05, 0) is 30.1 Å². The van der Waals surface area contributed by atoms with E-state index in [0.29, 0.717) is 0 Å². The van der Waals surface area contributed by atoms with Crippen molar-refractivity contribution in [1.29, 1.82) is 0 Å². The molecule has 2 aromatic carbocycles. The van der Waals surface area contributed by atoms with Gasteiger partial charge in [0.2, 0.25) is 0 Å². The number of hydrogen-bond acceptors (Lipinski definition) is 4. The molecule has 0 fully saturated rings. The molecular weight excluding hydrogens is 274 g/mol. The van der Waals surface area contributed by atoms with Crippen LogP contribution in [-0.2, 0) is 4.84 Å². The number of nitrogens with zero attached hydrogens (tertiary/aromatic N) is 2. The molecule has 1 N–H and O–H groups in total. The summed E-state index contributed by atoms with van der Waals surface area (Å²) >= 11 is 0. The lowest BCUT2D eigenvalue weighted by molar-refractivity contribution is -0.113. The van der Waals surface area contributed by atoms with Crippen molar-refractivity contribution in [2.24, 2.45) is 0 Å². The molecule has 1 aromatic heterocycles. The van der Waals surface area contributed by atoms with Gasteiger partial charge in [-0.1, -0.05) is 30.3 Å². The number of aromatic nitrogens is 1. The van der Waals surface area contributed by atoms with E-state index in [1.165, 1.54) is 21.7 Å². The molecule has 3 aromatic rings. The van der Waals surface area contributed by atoms with Crippen LogP contribution in [0.15, 0.2) is 48.7 Å². The first kappa shape index (κ1) is 14.9. The summed E-state index contributed by atoms with van der Waals surface area (Å²) in [5.74, 6) is 0. The molecule has 0 aliphatic carbocycles. The van der Waals surface area contributed by atoms with E-state index in [1.54, 1.807) is 7.11 Å². The van der Waals surface area contributed by atoms with Crippen molar-refractivity contribution in [2.75, 3.05) is 27.7 Å². The van der Waals surface area contributed by atoms with E-state index in [-0.39, 0.29) is 6.04 Å². The number of hydrogen-bond donors (Lipinski definition) is 1. The van der Waals surface area contributed by atoms with Gasteiger partial charge < -0.3 is 10.2 Å². The third-order valence-electron chi connectivity index (χ3n) is 4.12. The summed E-state index contributed by atoms with van der Waals surface area (Å²) in [5, 5.41) is 8.78. The molecule has 0 saturated heterocycles. The summed E-state index contributed by atoms with van der Waals surface area (Å²) in [6.07, 6.45) is 1.94. The van der Waals surface area contributed by atoms with Gasteiger partial charge >= 0.3 is 0 Å². The second-order valence-corrected chi connectivity index (χ2v) is 5.46. The van der Waals surface area contributed by atoms with Crippen molar-refractivity contribution in [1.82, 2.24) is 15.4 Å². The quantitative estimate of drug-likeness (QED) is 0.579. The predicted octanol–water partition coefficient (Wildman–Crippen LogP) is 3.14. The topological polar surface area (TPSA) is 37.4 Å². The minimum Gasteiger partial charge on any atom is -0.312 e. The molecule has 0 saturated carbocycles. The van der Waals surface area contributed by atoms with Gasteiger partial charge in [0.1, 0.15) is 0 Å². The van der Waals surface area contributed by atoms with Crippen molar-refractivity contribution >= 4 is 21.7 Å². The number of benzene rings is 2. The van der Waals surface area contributed by atoms with Crippen LogP contribution in [0.3, 0.4) is 0 Å². The van der Waals surface area contributed by atoms with Crippen LogP contribution in [0.1, 0.15) is 11.6 Å². The molecule has 114 valence electrons. The van der Waals surface area contributed by atoms with Crippen LogP contribution in [0.25, 0.3) is 21.7 Å². The van der Waals surface area contributed by atoms with Gasteiger partial charge in [-0.2, -0.15) is 5.06 Å². The largest absolute Gasteiger partial charge is 0.312 e. The van der Waals surface area contributed by atoms with Crippen molar-refractivity contribution in [3.63, 3.8) is 0 Å². The van der Waals surface area contributed by atoms with Gasteiger partial charge in [-0.25, -0.2) is 0 Å². The van der Waals surface area contributed by atoms with E-state index in [0.717, 1.165) is 12.1 Å². The second-order valence-electron chi connectivity index (χ2n) is 5.46. The molecule has 3 rings (SSSR count). The predicted molar refractivity (Wildman–Crippen MR) is 90.7 cm³/mol. The fourth-order valence-electron chi connectivity index (χ4n) is 2.79.